The summed E-state index contributed by atoms with van der Waals surface area (Å²) < 4.78 is 10.5. The molecule has 2 aromatic carbocycles. The van der Waals surface area contributed by atoms with Gasteiger partial charge in [-0.1, -0.05) is 30.7 Å². The van der Waals surface area contributed by atoms with Crippen molar-refractivity contribution in [3.8, 4) is 11.5 Å². The number of amides is 1. The van der Waals surface area contributed by atoms with Crippen molar-refractivity contribution in [2.45, 2.75) is 19.4 Å². The number of benzene rings is 2. The van der Waals surface area contributed by atoms with Gasteiger partial charge in [0, 0.05) is 12.1 Å². The van der Waals surface area contributed by atoms with Crippen molar-refractivity contribution in [2.75, 3.05) is 20.8 Å². The Morgan fingerprint density at radius 1 is 1.10 bits per heavy atom. The van der Waals surface area contributed by atoms with Gasteiger partial charge in [-0.15, -0.1) is 0 Å². The molecule has 0 aromatic heterocycles. The fourth-order valence-electron chi connectivity index (χ4n) is 3.47. The number of likely N-dealkylation sites (tertiary alicyclic amines) is 1. The Hall–Kier alpha value is -2.99. The van der Waals surface area contributed by atoms with Gasteiger partial charge in [0.05, 0.1) is 30.9 Å². The first-order valence-electron chi connectivity index (χ1n) is 9.19. The number of aliphatic hydroxyl groups is 1. The van der Waals surface area contributed by atoms with Crippen LogP contribution >= 0.6 is 11.6 Å². The van der Waals surface area contributed by atoms with Gasteiger partial charge in [0.25, 0.3) is 11.7 Å². The smallest absolute Gasteiger partial charge is 0.295 e. The first-order chi connectivity index (χ1) is 13.9. The standard InChI is InChI=1S/C22H22ClNO5/c1-4-10-24-19(13-6-5-7-14(11-13)28-2)18(21(26)22(24)27)20(25)16-12-15(29-3)8-9-17(16)23/h5-9,11-12,19,25H,4,10H2,1-3H3/b20-18+. The topological polar surface area (TPSA) is 76.1 Å². The van der Waals surface area contributed by atoms with Crippen molar-refractivity contribution < 1.29 is 24.2 Å². The Labute approximate surface area is 174 Å². The molecule has 152 valence electrons. The van der Waals surface area contributed by atoms with Crippen LogP contribution in [-0.2, 0) is 9.59 Å². The Balaban J connectivity index is 2.24. The predicted octanol–water partition coefficient (Wildman–Crippen LogP) is 4.19. The highest BCUT2D eigenvalue weighted by Crippen LogP contribution is 2.41. The van der Waals surface area contributed by atoms with E-state index in [1.165, 1.54) is 25.2 Å². The van der Waals surface area contributed by atoms with E-state index in [0.29, 0.717) is 30.0 Å². The first-order valence-corrected chi connectivity index (χ1v) is 9.57. The molecular weight excluding hydrogens is 394 g/mol. The number of aliphatic hydroxyl groups excluding tert-OH is 1. The zero-order valence-electron chi connectivity index (χ0n) is 16.4. The highest BCUT2D eigenvalue weighted by atomic mass is 35.5. The van der Waals surface area contributed by atoms with E-state index in [4.69, 9.17) is 21.1 Å². The fraction of sp³-hybridized carbons (Fsp3) is 0.273. The molecule has 0 bridgehead atoms. The molecule has 29 heavy (non-hydrogen) atoms. The predicted molar refractivity (Wildman–Crippen MR) is 110 cm³/mol. The van der Waals surface area contributed by atoms with Gasteiger partial charge in [-0.05, 0) is 42.3 Å². The second-order valence-corrected chi connectivity index (χ2v) is 7.02. The first kappa shape index (κ1) is 20.7. The summed E-state index contributed by atoms with van der Waals surface area (Å²) in [5, 5.41) is 11.3. The number of Topliss-reactive ketones (excluding diaryl/α,β-unsaturated/α-hetero) is 1. The molecule has 1 atom stereocenters. The van der Waals surface area contributed by atoms with Gasteiger partial charge in [0.2, 0.25) is 0 Å². The lowest BCUT2D eigenvalue weighted by atomic mass is 9.95. The third-order valence-corrected chi connectivity index (χ3v) is 5.17. The van der Waals surface area contributed by atoms with E-state index in [-0.39, 0.29) is 21.9 Å². The fourth-order valence-corrected chi connectivity index (χ4v) is 3.67. The van der Waals surface area contributed by atoms with E-state index < -0.39 is 17.7 Å². The van der Waals surface area contributed by atoms with Crippen LogP contribution in [0.5, 0.6) is 11.5 Å². The number of methoxy groups -OCH3 is 2. The van der Waals surface area contributed by atoms with Crippen molar-refractivity contribution in [1.82, 2.24) is 4.90 Å². The maximum Gasteiger partial charge on any atom is 0.295 e. The minimum absolute atomic E-state index is 0.00754. The molecule has 1 fully saturated rings. The molecular formula is C22H22ClNO5. The van der Waals surface area contributed by atoms with Crippen LogP contribution in [0.1, 0.15) is 30.5 Å². The van der Waals surface area contributed by atoms with Crippen LogP contribution < -0.4 is 9.47 Å². The molecule has 0 spiro atoms. The zero-order chi connectivity index (χ0) is 21.1. The number of carbonyl (C=O) groups excluding carboxylic acids is 2. The summed E-state index contributed by atoms with van der Waals surface area (Å²) >= 11 is 6.27. The Bertz CT molecular complexity index is 985. The van der Waals surface area contributed by atoms with Gasteiger partial charge >= 0.3 is 0 Å². The van der Waals surface area contributed by atoms with Crippen LogP contribution in [0.15, 0.2) is 48.0 Å². The minimum atomic E-state index is -0.748. The van der Waals surface area contributed by atoms with Gasteiger partial charge in [-0.2, -0.15) is 0 Å². The van der Waals surface area contributed by atoms with Crippen LogP contribution in [0, 0.1) is 0 Å². The molecule has 1 N–H and O–H groups in total. The lowest BCUT2D eigenvalue weighted by Crippen LogP contribution is -2.30. The van der Waals surface area contributed by atoms with E-state index in [1.54, 1.807) is 36.4 Å². The summed E-state index contributed by atoms with van der Waals surface area (Å²) in [4.78, 5) is 27.1. The monoisotopic (exact) mass is 415 g/mol. The van der Waals surface area contributed by atoms with Gasteiger partial charge < -0.3 is 19.5 Å². The largest absolute Gasteiger partial charge is 0.507 e. The molecule has 3 rings (SSSR count). The number of ketones is 1. The molecule has 1 saturated heterocycles. The van der Waals surface area contributed by atoms with Gasteiger partial charge in [0.1, 0.15) is 17.3 Å². The third-order valence-electron chi connectivity index (χ3n) is 4.84. The quantitative estimate of drug-likeness (QED) is 0.435. The molecule has 2 aromatic rings. The van der Waals surface area contributed by atoms with Crippen molar-refractivity contribution in [3.05, 3.63) is 64.2 Å². The Morgan fingerprint density at radius 3 is 2.45 bits per heavy atom. The van der Waals surface area contributed by atoms with Crippen molar-refractivity contribution in [2.24, 2.45) is 0 Å². The minimum Gasteiger partial charge on any atom is -0.507 e. The lowest BCUT2D eigenvalue weighted by Gasteiger charge is -2.25. The molecule has 1 heterocycles. The Morgan fingerprint density at radius 2 is 1.79 bits per heavy atom. The summed E-state index contributed by atoms with van der Waals surface area (Å²) in [5.41, 5.74) is 0.887. The Kier molecular flexibility index (Phi) is 6.13. The maximum absolute atomic E-state index is 12.9. The van der Waals surface area contributed by atoms with E-state index in [2.05, 4.69) is 0 Å². The summed E-state index contributed by atoms with van der Waals surface area (Å²) in [6.07, 6.45) is 0.660. The van der Waals surface area contributed by atoms with E-state index in [1.807, 2.05) is 6.92 Å². The van der Waals surface area contributed by atoms with Crippen molar-refractivity contribution in [1.29, 1.82) is 0 Å². The van der Waals surface area contributed by atoms with Crippen LogP contribution in [-0.4, -0.2) is 42.5 Å². The number of nitrogens with zero attached hydrogens (tertiary/aromatic N) is 1. The van der Waals surface area contributed by atoms with Gasteiger partial charge in [-0.3, -0.25) is 9.59 Å². The van der Waals surface area contributed by atoms with Gasteiger partial charge in [0.15, 0.2) is 0 Å². The average Bonchev–Trinajstić information content (AvgIpc) is 2.99. The molecule has 0 aliphatic carbocycles. The molecule has 6 nitrogen and oxygen atoms in total. The molecule has 1 amide bonds. The van der Waals surface area contributed by atoms with E-state index >= 15 is 0 Å². The second kappa shape index (κ2) is 8.57. The molecule has 1 aliphatic rings. The van der Waals surface area contributed by atoms with Crippen molar-refractivity contribution in [3.63, 3.8) is 0 Å². The molecule has 1 aliphatic heterocycles. The zero-order valence-corrected chi connectivity index (χ0v) is 17.2. The number of rotatable bonds is 6. The SMILES string of the molecule is CCCN1C(=O)C(=O)/C(=C(/O)c2cc(OC)ccc2Cl)C1c1cccc(OC)c1. The van der Waals surface area contributed by atoms with Crippen molar-refractivity contribution >= 4 is 29.1 Å². The molecule has 0 saturated carbocycles. The highest BCUT2D eigenvalue weighted by molar-refractivity contribution is 6.47. The number of hydrogen-bond donors (Lipinski definition) is 1. The average molecular weight is 416 g/mol. The summed E-state index contributed by atoms with van der Waals surface area (Å²) in [6.45, 7) is 2.29. The van der Waals surface area contributed by atoms with Crippen LogP contribution in [0.25, 0.3) is 5.76 Å². The normalized spacial score (nSPS) is 18.2. The van der Waals surface area contributed by atoms with E-state index in [9.17, 15) is 14.7 Å². The number of halogens is 1. The molecule has 7 heteroatoms. The maximum atomic E-state index is 12.9. The summed E-state index contributed by atoms with van der Waals surface area (Å²) in [7, 11) is 3.03. The highest BCUT2D eigenvalue weighted by Gasteiger charge is 2.46. The number of carbonyl (C=O) groups is 2. The molecule has 1 unspecified atom stereocenters. The van der Waals surface area contributed by atoms with E-state index in [0.717, 1.165) is 0 Å². The summed E-state index contributed by atoms with van der Waals surface area (Å²) in [6, 6.07) is 11.1. The number of hydrogen-bond acceptors (Lipinski definition) is 5. The summed E-state index contributed by atoms with van der Waals surface area (Å²) in [5.74, 6) is -0.678. The molecule has 0 radical (unpaired) electrons. The third kappa shape index (κ3) is 3.80. The lowest BCUT2D eigenvalue weighted by molar-refractivity contribution is -0.139. The second-order valence-electron chi connectivity index (χ2n) is 6.61. The number of ether oxygens (including phenoxy) is 2. The van der Waals surface area contributed by atoms with Crippen LogP contribution in [0.3, 0.4) is 0 Å². The van der Waals surface area contributed by atoms with Gasteiger partial charge in [-0.25, -0.2) is 0 Å². The van der Waals surface area contributed by atoms with Crippen LogP contribution in [0.2, 0.25) is 5.02 Å². The van der Waals surface area contributed by atoms with Crippen LogP contribution in [0.4, 0.5) is 0 Å².